The van der Waals surface area contributed by atoms with Crippen LogP contribution in [0.25, 0.3) is 0 Å². The van der Waals surface area contributed by atoms with Gasteiger partial charge >= 0.3 is 0 Å². The lowest BCUT2D eigenvalue weighted by Gasteiger charge is -2.07. The SMILES string of the molecule is CC.CC(=O)NNC(=S)c1cccc(O)c1. The molecule has 16 heavy (non-hydrogen) atoms. The van der Waals surface area contributed by atoms with Crippen molar-refractivity contribution in [2.75, 3.05) is 0 Å². The third kappa shape index (κ3) is 5.31. The topological polar surface area (TPSA) is 61.4 Å². The summed E-state index contributed by atoms with van der Waals surface area (Å²) in [4.78, 5) is 10.9. The number of thiocarbonyl (C=S) groups is 1. The molecule has 0 aliphatic heterocycles. The number of phenolic OH excluding ortho intramolecular Hbond substituents is 1. The van der Waals surface area contributed by atoms with E-state index in [1.165, 1.54) is 13.0 Å². The van der Waals surface area contributed by atoms with Gasteiger partial charge in [-0.3, -0.25) is 15.6 Å². The zero-order valence-corrected chi connectivity index (χ0v) is 10.4. The number of phenols is 1. The molecule has 0 unspecified atom stereocenters. The Balaban J connectivity index is 0.00000106. The van der Waals surface area contributed by atoms with Crippen molar-refractivity contribution in [2.24, 2.45) is 0 Å². The standard InChI is InChI=1S/C9H10N2O2S.C2H6/c1-6(12)10-11-9(14)7-3-2-4-8(13)5-7;1-2/h2-5,13H,1H3,(H,10,12)(H,11,14);1-2H3. The minimum Gasteiger partial charge on any atom is -0.508 e. The molecule has 88 valence electrons. The van der Waals surface area contributed by atoms with Crippen molar-refractivity contribution in [1.82, 2.24) is 10.9 Å². The number of nitrogens with one attached hydrogen (secondary N) is 2. The summed E-state index contributed by atoms with van der Waals surface area (Å²) in [5.74, 6) is -0.0954. The first-order valence-corrected chi connectivity index (χ1v) is 5.36. The van der Waals surface area contributed by atoms with Crippen LogP contribution >= 0.6 is 12.2 Å². The molecule has 0 atom stereocenters. The monoisotopic (exact) mass is 240 g/mol. The fraction of sp³-hybridized carbons (Fsp3) is 0.273. The number of carbonyl (C=O) groups is 1. The van der Waals surface area contributed by atoms with Crippen molar-refractivity contribution >= 4 is 23.1 Å². The van der Waals surface area contributed by atoms with Crippen LogP contribution in [0.2, 0.25) is 0 Å². The van der Waals surface area contributed by atoms with Crippen LogP contribution in [0.5, 0.6) is 5.75 Å². The fourth-order valence-electron chi connectivity index (χ4n) is 0.864. The number of hydrazine groups is 1. The lowest BCUT2D eigenvalue weighted by Crippen LogP contribution is -2.39. The molecule has 0 radical (unpaired) electrons. The van der Waals surface area contributed by atoms with Crippen molar-refractivity contribution in [3.05, 3.63) is 29.8 Å². The number of aromatic hydroxyl groups is 1. The predicted octanol–water partition coefficient (Wildman–Crippen LogP) is 1.73. The molecular weight excluding hydrogens is 224 g/mol. The van der Waals surface area contributed by atoms with E-state index in [1.54, 1.807) is 18.2 Å². The smallest absolute Gasteiger partial charge is 0.235 e. The van der Waals surface area contributed by atoms with E-state index in [0.717, 1.165) is 0 Å². The maximum atomic E-state index is 10.6. The summed E-state index contributed by atoms with van der Waals surface area (Å²) in [5, 5.41) is 9.16. The van der Waals surface area contributed by atoms with E-state index in [9.17, 15) is 4.79 Å². The van der Waals surface area contributed by atoms with Crippen molar-refractivity contribution in [3.63, 3.8) is 0 Å². The Morgan fingerprint density at radius 1 is 1.31 bits per heavy atom. The van der Waals surface area contributed by atoms with Crippen molar-refractivity contribution < 1.29 is 9.90 Å². The Labute approximate surface area is 101 Å². The molecule has 0 fully saturated rings. The predicted molar refractivity (Wildman–Crippen MR) is 68.1 cm³/mol. The molecule has 1 rings (SSSR count). The van der Waals surface area contributed by atoms with Crippen LogP contribution in [0.1, 0.15) is 26.3 Å². The number of hydrogen-bond acceptors (Lipinski definition) is 3. The van der Waals surface area contributed by atoms with Gasteiger partial charge in [0.05, 0.1) is 0 Å². The third-order valence-corrected chi connectivity index (χ3v) is 1.80. The first-order chi connectivity index (χ1) is 7.59. The molecule has 0 aliphatic carbocycles. The second-order valence-corrected chi connectivity index (χ2v) is 3.09. The number of carbonyl (C=O) groups excluding carboxylic acids is 1. The van der Waals surface area contributed by atoms with Gasteiger partial charge in [-0.25, -0.2) is 0 Å². The van der Waals surface area contributed by atoms with Gasteiger partial charge in [0.25, 0.3) is 0 Å². The lowest BCUT2D eigenvalue weighted by atomic mass is 10.2. The van der Waals surface area contributed by atoms with Crippen LogP contribution < -0.4 is 10.9 Å². The van der Waals surface area contributed by atoms with Crippen LogP contribution in [0.3, 0.4) is 0 Å². The van der Waals surface area contributed by atoms with E-state index >= 15 is 0 Å². The first kappa shape index (κ1) is 14.4. The molecular formula is C11H16N2O2S. The second kappa shape index (κ2) is 7.64. The molecule has 0 bridgehead atoms. The van der Waals surface area contributed by atoms with Crippen LogP contribution in [0, 0.1) is 0 Å². The van der Waals surface area contributed by atoms with Crippen LogP contribution in [0.4, 0.5) is 0 Å². The Hall–Kier alpha value is -1.62. The highest BCUT2D eigenvalue weighted by Gasteiger charge is 2.01. The maximum absolute atomic E-state index is 10.6. The van der Waals surface area contributed by atoms with Gasteiger partial charge in [0.15, 0.2) is 0 Å². The minimum atomic E-state index is -0.229. The third-order valence-electron chi connectivity index (χ3n) is 1.46. The Bertz CT molecular complexity index is 367. The van der Waals surface area contributed by atoms with E-state index in [-0.39, 0.29) is 11.7 Å². The van der Waals surface area contributed by atoms with Crippen molar-refractivity contribution in [2.45, 2.75) is 20.8 Å². The summed E-state index contributed by atoms with van der Waals surface area (Å²) >= 11 is 4.96. The summed E-state index contributed by atoms with van der Waals surface area (Å²) in [6.45, 7) is 5.37. The summed E-state index contributed by atoms with van der Waals surface area (Å²) in [6.07, 6.45) is 0. The van der Waals surface area contributed by atoms with Gasteiger partial charge < -0.3 is 5.11 Å². The van der Waals surface area contributed by atoms with E-state index < -0.39 is 0 Å². The lowest BCUT2D eigenvalue weighted by molar-refractivity contribution is -0.119. The maximum Gasteiger partial charge on any atom is 0.235 e. The number of hydrogen-bond donors (Lipinski definition) is 3. The quantitative estimate of drug-likeness (QED) is 0.517. The molecule has 1 amide bonds. The van der Waals surface area contributed by atoms with Crippen LogP contribution in [0.15, 0.2) is 24.3 Å². The molecule has 5 heteroatoms. The van der Waals surface area contributed by atoms with Crippen molar-refractivity contribution in [1.29, 1.82) is 0 Å². The Morgan fingerprint density at radius 3 is 2.44 bits per heavy atom. The molecule has 0 aromatic heterocycles. The van der Waals surface area contributed by atoms with Gasteiger partial charge in [0.1, 0.15) is 10.7 Å². The normalized spacial score (nSPS) is 8.44. The summed E-state index contributed by atoms with van der Waals surface area (Å²) in [5.41, 5.74) is 5.54. The first-order valence-electron chi connectivity index (χ1n) is 4.95. The molecule has 0 saturated carbocycles. The zero-order valence-electron chi connectivity index (χ0n) is 9.57. The highest BCUT2D eigenvalue weighted by Crippen LogP contribution is 2.10. The summed E-state index contributed by atoms with van der Waals surface area (Å²) < 4.78 is 0. The molecule has 0 heterocycles. The molecule has 4 nitrogen and oxygen atoms in total. The molecule has 1 aromatic rings. The summed E-state index contributed by atoms with van der Waals surface area (Å²) in [6, 6.07) is 6.46. The molecule has 0 spiro atoms. The van der Waals surface area contributed by atoms with Gasteiger partial charge in [0.2, 0.25) is 5.91 Å². The highest BCUT2D eigenvalue weighted by atomic mass is 32.1. The van der Waals surface area contributed by atoms with Crippen LogP contribution in [-0.4, -0.2) is 16.0 Å². The van der Waals surface area contributed by atoms with Crippen LogP contribution in [-0.2, 0) is 4.79 Å². The Kier molecular flexibility index (Phi) is 6.87. The zero-order chi connectivity index (χ0) is 12.6. The number of benzene rings is 1. The van der Waals surface area contributed by atoms with E-state index in [1.807, 2.05) is 13.8 Å². The van der Waals surface area contributed by atoms with Crippen molar-refractivity contribution in [3.8, 4) is 5.75 Å². The van der Waals surface area contributed by atoms with Gasteiger partial charge in [-0.05, 0) is 12.1 Å². The second-order valence-electron chi connectivity index (χ2n) is 2.69. The molecule has 0 saturated heterocycles. The summed E-state index contributed by atoms with van der Waals surface area (Å²) in [7, 11) is 0. The molecule has 1 aromatic carbocycles. The van der Waals surface area contributed by atoms with E-state index in [0.29, 0.717) is 10.6 Å². The largest absolute Gasteiger partial charge is 0.508 e. The average Bonchev–Trinajstić information content (AvgIpc) is 2.28. The molecule has 0 aliphatic rings. The Morgan fingerprint density at radius 2 is 1.94 bits per heavy atom. The molecule has 3 N–H and O–H groups in total. The van der Waals surface area contributed by atoms with Gasteiger partial charge in [-0.2, -0.15) is 0 Å². The fourth-order valence-corrected chi connectivity index (χ4v) is 1.04. The van der Waals surface area contributed by atoms with E-state index in [4.69, 9.17) is 17.3 Å². The minimum absolute atomic E-state index is 0.134. The van der Waals surface area contributed by atoms with E-state index in [2.05, 4.69) is 10.9 Å². The van der Waals surface area contributed by atoms with Gasteiger partial charge in [0, 0.05) is 12.5 Å². The van der Waals surface area contributed by atoms with Gasteiger partial charge in [-0.15, -0.1) is 0 Å². The number of rotatable bonds is 1. The number of amides is 1. The highest BCUT2D eigenvalue weighted by molar-refractivity contribution is 7.80. The van der Waals surface area contributed by atoms with Gasteiger partial charge in [-0.1, -0.05) is 38.2 Å². The average molecular weight is 240 g/mol.